The number of aliphatic hydroxyl groups is 1. The Balaban J connectivity index is 2.11. The SMILES string of the molecule is C=CCCCCCCCC(=O)[C@H]1C[C@H](O)[C@H](CCCCC)O1. The van der Waals surface area contributed by atoms with Gasteiger partial charge in [-0.3, -0.25) is 4.79 Å². The third-order valence-electron chi connectivity index (χ3n) is 4.51. The summed E-state index contributed by atoms with van der Waals surface area (Å²) < 4.78 is 5.78. The summed E-state index contributed by atoms with van der Waals surface area (Å²) in [5.41, 5.74) is 0. The third-order valence-corrected chi connectivity index (χ3v) is 4.51. The summed E-state index contributed by atoms with van der Waals surface area (Å²) in [6, 6.07) is 0. The molecule has 1 aliphatic rings. The van der Waals surface area contributed by atoms with Gasteiger partial charge in [0.2, 0.25) is 0 Å². The van der Waals surface area contributed by atoms with Crippen LogP contribution < -0.4 is 0 Å². The lowest BCUT2D eigenvalue weighted by Crippen LogP contribution is -2.22. The van der Waals surface area contributed by atoms with Crippen LogP contribution in [0.25, 0.3) is 0 Å². The number of aliphatic hydroxyl groups excluding tert-OH is 1. The van der Waals surface area contributed by atoms with E-state index < -0.39 is 6.10 Å². The van der Waals surface area contributed by atoms with Gasteiger partial charge < -0.3 is 9.84 Å². The van der Waals surface area contributed by atoms with Crippen molar-refractivity contribution in [1.82, 2.24) is 0 Å². The van der Waals surface area contributed by atoms with Gasteiger partial charge in [0, 0.05) is 12.8 Å². The van der Waals surface area contributed by atoms with Gasteiger partial charge in [-0.15, -0.1) is 6.58 Å². The predicted octanol–water partition coefficient (Wildman–Crippen LogP) is 4.57. The largest absolute Gasteiger partial charge is 0.390 e. The smallest absolute Gasteiger partial charge is 0.161 e. The standard InChI is InChI=1S/C19H34O3/c1-3-5-7-8-9-10-12-13-16(20)19-15-17(21)18(22-19)14-11-6-4-2/h3,17-19,21H,1,4-15H2,2H3/t17-,18-,19+/m0/s1. The van der Waals surface area contributed by atoms with E-state index >= 15 is 0 Å². The van der Waals surface area contributed by atoms with Crippen molar-refractivity contribution in [2.75, 3.05) is 0 Å². The van der Waals surface area contributed by atoms with Crippen LogP contribution in [-0.4, -0.2) is 29.2 Å². The summed E-state index contributed by atoms with van der Waals surface area (Å²) in [5, 5.41) is 10.0. The Hall–Kier alpha value is -0.670. The molecule has 1 fully saturated rings. The van der Waals surface area contributed by atoms with Gasteiger partial charge >= 0.3 is 0 Å². The van der Waals surface area contributed by atoms with Crippen molar-refractivity contribution in [3.8, 4) is 0 Å². The summed E-state index contributed by atoms with van der Waals surface area (Å²) in [6.07, 6.45) is 13.2. The molecular formula is C19H34O3. The van der Waals surface area contributed by atoms with E-state index in [0.717, 1.165) is 44.9 Å². The van der Waals surface area contributed by atoms with Crippen molar-refractivity contribution in [3.05, 3.63) is 12.7 Å². The van der Waals surface area contributed by atoms with Crippen LogP contribution in [0.4, 0.5) is 0 Å². The Bertz CT molecular complexity index is 314. The fourth-order valence-corrected chi connectivity index (χ4v) is 3.07. The minimum atomic E-state index is -0.454. The molecule has 0 aromatic heterocycles. The van der Waals surface area contributed by atoms with Crippen molar-refractivity contribution >= 4 is 5.78 Å². The molecule has 3 heteroatoms. The molecule has 128 valence electrons. The number of hydrogen-bond donors (Lipinski definition) is 1. The van der Waals surface area contributed by atoms with Gasteiger partial charge in [0.25, 0.3) is 0 Å². The normalized spacial score (nSPS) is 24.5. The molecule has 1 N–H and O–H groups in total. The molecule has 0 aliphatic carbocycles. The Morgan fingerprint density at radius 1 is 1.18 bits per heavy atom. The van der Waals surface area contributed by atoms with E-state index in [1.165, 1.54) is 19.3 Å². The molecule has 1 saturated heterocycles. The van der Waals surface area contributed by atoms with Gasteiger partial charge in [0.1, 0.15) is 6.10 Å². The van der Waals surface area contributed by atoms with Crippen LogP contribution in [-0.2, 0) is 9.53 Å². The molecule has 0 aromatic rings. The Labute approximate surface area is 136 Å². The van der Waals surface area contributed by atoms with Crippen molar-refractivity contribution in [1.29, 1.82) is 0 Å². The quantitative estimate of drug-likeness (QED) is 0.400. The average molecular weight is 310 g/mol. The maximum absolute atomic E-state index is 12.2. The number of rotatable bonds is 13. The first-order valence-corrected chi connectivity index (χ1v) is 9.16. The van der Waals surface area contributed by atoms with E-state index in [4.69, 9.17) is 4.74 Å². The van der Waals surface area contributed by atoms with Gasteiger partial charge in [0.15, 0.2) is 5.78 Å². The van der Waals surface area contributed by atoms with Crippen LogP contribution in [0.15, 0.2) is 12.7 Å². The second-order valence-electron chi connectivity index (χ2n) is 6.52. The first-order valence-electron chi connectivity index (χ1n) is 9.16. The fraction of sp³-hybridized carbons (Fsp3) is 0.842. The highest BCUT2D eigenvalue weighted by Gasteiger charge is 2.36. The summed E-state index contributed by atoms with van der Waals surface area (Å²) in [4.78, 5) is 12.2. The third kappa shape index (κ3) is 7.55. The Kier molecular flexibility index (Phi) is 10.4. The van der Waals surface area contributed by atoms with E-state index in [-0.39, 0.29) is 18.0 Å². The number of allylic oxidation sites excluding steroid dienone is 1. The molecule has 0 spiro atoms. The lowest BCUT2D eigenvalue weighted by molar-refractivity contribution is -0.130. The predicted molar refractivity (Wildman–Crippen MR) is 90.9 cm³/mol. The minimum Gasteiger partial charge on any atom is -0.390 e. The lowest BCUT2D eigenvalue weighted by Gasteiger charge is -2.14. The van der Waals surface area contributed by atoms with E-state index in [2.05, 4.69) is 13.5 Å². The van der Waals surface area contributed by atoms with Crippen LogP contribution in [0.2, 0.25) is 0 Å². The molecule has 1 rings (SSSR count). The fourth-order valence-electron chi connectivity index (χ4n) is 3.07. The molecule has 22 heavy (non-hydrogen) atoms. The summed E-state index contributed by atoms with van der Waals surface area (Å²) in [5.74, 6) is 0.183. The molecule has 0 saturated carbocycles. The van der Waals surface area contributed by atoms with Crippen LogP contribution in [0, 0.1) is 0 Å². The monoisotopic (exact) mass is 310 g/mol. The topological polar surface area (TPSA) is 46.5 Å². The minimum absolute atomic E-state index is 0.126. The molecule has 3 atom stereocenters. The van der Waals surface area contributed by atoms with Gasteiger partial charge in [-0.1, -0.05) is 51.5 Å². The lowest BCUT2D eigenvalue weighted by atomic mass is 10.0. The molecule has 0 bridgehead atoms. The Morgan fingerprint density at radius 3 is 2.64 bits per heavy atom. The number of ether oxygens (including phenoxy) is 1. The first kappa shape index (κ1) is 19.4. The molecule has 3 nitrogen and oxygen atoms in total. The van der Waals surface area contributed by atoms with Gasteiger partial charge in [0.05, 0.1) is 12.2 Å². The van der Waals surface area contributed by atoms with Gasteiger partial charge in [-0.25, -0.2) is 0 Å². The molecular weight excluding hydrogens is 276 g/mol. The molecule has 1 heterocycles. The molecule has 1 aliphatic heterocycles. The van der Waals surface area contributed by atoms with E-state index in [1.807, 2.05) is 6.08 Å². The van der Waals surface area contributed by atoms with Gasteiger partial charge in [-0.05, 0) is 25.7 Å². The number of unbranched alkanes of at least 4 members (excludes halogenated alkanes) is 7. The first-order chi connectivity index (χ1) is 10.7. The zero-order valence-corrected chi connectivity index (χ0v) is 14.3. The Morgan fingerprint density at radius 2 is 1.91 bits per heavy atom. The van der Waals surface area contributed by atoms with E-state index in [1.54, 1.807) is 0 Å². The molecule has 0 unspecified atom stereocenters. The van der Waals surface area contributed by atoms with Crippen LogP contribution in [0.3, 0.4) is 0 Å². The molecule has 0 radical (unpaired) electrons. The number of carbonyl (C=O) groups excluding carboxylic acids is 1. The highest BCUT2D eigenvalue weighted by atomic mass is 16.5. The van der Waals surface area contributed by atoms with Crippen LogP contribution >= 0.6 is 0 Å². The van der Waals surface area contributed by atoms with Gasteiger partial charge in [-0.2, -0.15) is 0 Å². The zero-order valence-electron chi connectivity index (χ0n) is 14.3. The summed E-state index contributed by atoms with van der Waals surface area (Å²) >= 11 is 0. The van der Waals surface area contributed by atoms with Crippen molar-refractivity contribution in [2.24, 2.45) is 0 Å². The number of ketones is 1. The summed E-state index contributed by atoms with van der Waals surface area (Å²) in [6.45, 7) is 5.88. The van der Waals surface area contributed by atoms with E-state index in [9.17, 15) is 9.90 Å². The molecule has 0 aromatic carbocycles. The summed E-state index contributed by atoms with van der Waals surface area (Å²) in [7, 11) is 0. The number of hydrogen-bond acceptors (Lipinski definition) is 3. The van der Waals surface area contributed by atoms with Crippen LogP contribution in [0.1, 0.15) is 84.0 Å². The van der Waals surface area contributed by atoms with E-state index in [0.29, 0.717) is 12.8 Å². The average Bonchev–Trinajstić information content (AvgIpc) is 2.88. The van der Waals surface area contributed by atoms with Crippen molar-refractivity contribution < 1.29 is 14.6 Å². The highest BCUT2D eigenvalue weighted by molar-refractivity contribution is 5.83. The second kappa shape index (κ2) is 11.8. The maximum atomic E-state index is 12.2. The number of carbonyl (C=O) groups is 1. The highest BCUT2D eigenvalue weighted by Crippen LogP contribution is 2.26. The zero-order chi connectivity index (χ0) is 16.2. The molecule has 0 amide bonds. The second-order valence-corrected chi connectivity index (χ2v) is 6.52. The van der Waals surface area contributed by atoms with Crippen molar-refractivity contribution in [3.63, 3.8) is 0 Å². The van der Waals surface area contributed by atoms with Crippen molar-refractivity contribution in [2.45, 2.75) is 102 Å². The van der Waals surface area contributed by atoms with Crippen LogP contribution in [0.5, 0.6) is 0 Å². The number of Topliss-reactive ketones (excluding diaryl/α,β-unsaturated/α-hetero) is 1. The maximum Gasteiger partial charge on any atom is 0.161 e.